The monoisotopic (exact) mass is 339 g/mol. The fourth-order valence-corrected chi connectivity index (χ4v) is 2.33. The second-order valence-electron chi connectivity index (χ2n) is 5.25. The number of rotatable bonds is 5. The predicted molar refractivity (Wildman–Crippen MR) is 92.0 cm³/mol. The molecule has 0 fully saturated rings. The molecule has 0 atom stereocenters. The SMILES string of the molecule is COc1ccc(C(=O)Nc2cccc(-c3nc(C)no3)c2)cc1OC. The van der Waals surface area contributed by atoms with Gasteiger partial charge in [0.1, 0.15) is 0 Å². The highest BCUT2D eigenvalue weighted by Gasteiger charge is 2.12. The van der Waals surface area contributed by atoms with Crippen molar-refractivity contribution in [3.8, 4) is 23.0 Å². The van der Waals surface area contributed by atoms with Crippen LogP contribution in [0.15, 0.2) is 47.0 Å². The van der Waals surface area contributed by atoms with E-state index in [9.17, 15) is 4.79 Å². The second-order valence-corrected chi connectivity index (χ2v) is 5.25. The molecule has 25 heavy (non-hydrogen) atoms. The van der Waals surface area contributed by atoms with Crippen molar-refractivity contribution in [3.63, 3.8) is 0 Å². The zero-order valence-corrected chi connectivity index (χ0v) is 14.1. The van der Waals surface area contributed by atoms with Crippen molar-refractivity contribution in [2.75, 3.05) is 19.5 Å². The van der Waals surface area contributed by atoms with Crippen molar-refractivity contribution in [3.05, 3.63) is 53.9 Å². The third-order valence-electron chi connectivity index (χ3n) is 3.54. The van der Waals surface area contributed by atoms with Gasteiger partial charge >= 0.3 is 0 Å². The minimum absolute atomic E-state index is 0.264. The van der Waals surface area contributed by atoms with Crippen LogP contribution >= 0.6 is 0 Å². The van der Waals surface area contributed by atoms with Crippen LogP contribution in [0, 0.1) is 6.92 Å². The van der Waals surface area contributed by atoms with Crippen molar-refractivity contribution >= 4 is 11.6 Å². The summed E-state index contributed by atoms with van der Waals surface area (Å²) in [4.78, 5) is 16.7. The van der Waals surface area contributed by atoms with Gasteiger partial charge in [-0.05, 0) is 43.3 Å². The molecule has 0 spiro atoms. The molecular weight excluding hydrogens is 322 g/mol. The van der Waals surface area contributed by atoms with Gasteiger partial charge in [-0.15, -0.1) is 0 Å². The average molecular weight is 339 g/mol. The number of methoxy groups -OCH3 is 2. The van der Waals surface area contributed by atoms with E-state index in [-0.39, 0.29) is 5.91 Å². The molecular formula is C18H17N3O4. The average Bonchev–Trinajstić information content (AvgIpc) is 3.07. The molecule has 1 heterocycles. The molecule has 0 aliphatic heterocycles. The lowest BCUT2D eigenvalue weighted by Gasteiger charge is -2.10. The zero-order chi connectivity index (χ0) is 17.8. The van der Waals surface area contributed by atoms with Gasteiger partial charge in [0, 0.05) is 16.8 Å². The van der Waals surface area contributed by atoms with E-state index in [1.54, 1.807) is 50.4 Å². The highest BCUT2D eigenvalue weighted by atomic mass is 16.5. The van der Waals surface area contributed by atoms with Crippen LogP contribution in [-0.4, -0.2) is 30.3 Å². The first-order valence-electron chi connectivity index (χ1n) is 7.55. The van der Waals surface area contributed by atoms with Crippen LogP contribution in [0.2, 0.25) is 0 Å². The Bertz CT molecular complexity index is 905. The number of carbonyl (C=O) groups is 1. The molecule has 3 rings (SSSR count). The molecule has 0 aliphatic carbocycles. The van der Waals surface area contributed by atoms with E-state index in [0.717, 1.165) is 5.56 Å². The molecule has 7 nitrogen and oxygen atoms in total. The molecule has 3 aromatic rings. The predicted octanol–water partition coefficient (Wildman–Crippen LogP) is 3.31. The number of carbonyl (C=O) groups excluding carboxylic acids is 1. The minimum Gasteiger partial charge on any atom is -0.493 e. The Labute approximate surface area is 144 Å². The fraction of sp³-hybridized carbons (Fsp3) is 0.167. The van der Waals surface area contributed by atoms with Gasteiger partial charge in [-0.3, -0.25) is 4.79 Å². The Morgan fingerprint density at radius 2 is 1.88 bits per heavy atom. The number of ether oxygens (including phenoxy) is 2. The molecule has 0 bridgehead atoms. The highest BCUT2D eigenvalue weighted by Crippen LogP contribution is 2.28. The maximum absolute atomic E-state index is 12.5. The number of anilines is 1. The maximum Gasteiger partial charge on any atom is 0.257 e. The van der Waals surface area contributed by atoms with Crippen molar-refractivity contribution < 1.29 is 18.8 Å². The summed E-state index contributed by atoms with van der Waals surface area (Å²) in [7, 11) is 3.07. The topological polar surface area (TPSA) is 86.5 Å². The fourth-order valence-electron chi connectivity index (χ4n) is 2.33. The number of aromatic nitrogens is 2. The summed E-state index contributed by atoms with van der Waals surface area (Å²) in [6.45, 7) is 1.75. The van der Waals surface area contributed by atoms with Gasteiger partial charge in [0.15, 0.2) is 17.3 Å². The van der Waals surface area contributed by atoms with Gasteiger partial charge in [-0.2, -0.15) is 4.98 Å². The smallest absolute Gasteiger partial charge is 0.257 e. The molecule has 0 saturated carbocycles. The van der Waals surface area contributed by atoms with Crippen LogP contribution in [-0.2, 0) is 0 Å². The Morgan fingerprint density at radius 3 is 2.56 bits per heavy atom. The van der Waals surface area contributed by atoms with Gasteiger partial charge in [0.25, 0.3) is 11.8 Å². The van der Waals surface area contributed by atoms with Gasteiger partial charge in [0.2, 0.25) is 0 Å². The molecule has 0 saturated heterocycles. The van der Waals surface area contributed by atoms with Crippen LogP contribution in [0.25, 0.3) is 11.5 Å². The summed E-state index contributed by atoms with van der Waals surface area (Å²) in [6, 6.07) is 12.2. The van der Waals surface area contributed by atoms with E-state index >= 15 is 0 Å². The van der Waals surface area contributed by atoms with Gasteiger partial charge < -0.3 is 19.3 Å². The zero-order valence-electron chi connectivity index (χ0n) is 14.1. The van der Waals surface area contributed by atoms with Crippen molar-refractivity contribution in [1.82, 2.24) is 10.1 Å². The summed E-state index contributed by atoms with van der Waals surface area (Å²) in [5, 5.41) is 6.61. The highest BCUT2D eigenvalue weighted by molar-refractivity contribution is 6.04. The third-order valence-corrected chi connectivity index (χ3v) is 3.54. The second kappa shape index (κ2) is 7.04. The largest absolute Gasteiger partial charge is 0.493 e. The Balaban J connectivity index is 1.81. The lowest BCUT2D eigenvalue weighted by Crippen LogP contribution is -2.12. The third kappa shape index (κ3) is 3.60. The van der Waals surface area contributed by atoms with E-state index in [4.69, 9.17) is 14.0 Å². The van der Waals surface area contributed by atoms with Crippen molar-refractivity contribution in [2.45, 2.75) is 6.92 Å². The first kappa shape index (κ1) is 16.5. The standard InChI is InChI=1S/C18H17N3O4/c1-11-19-18(25-21-11)13-5-4-6-14(9-13)20-17(22)12-7-8-15(23-2)16(10-12)24-3/h4-10H,1-3H3,(H,20,22). The number of nitrogens with one attached hydrogen (secondary N) is 1. The Kier molecular flexibility index (Phi) is 4.65. The molecule has 0 unspecified atom stereocenters. The van der Waals surface area contributed by atoms with Crippen molar-refractivity contribution in [2.24, 2.45) is 0 Å². The van der Waals surface area contributed by atoms with Crippen LogP contribution in [0.4, 0.5) is 5.69 Å². The number of hydrogen-bond donors (Lipinski definition) is 1. The van der Waals surface area contributed by atoms with E-state index in [1.165, 1.54) is 7.11 Å². The summed E-state index contributed by atoms with van der Waals surface area (Å²) < 4.78 is 15.5. The summed E-state index contributed by atoms with van der Waals surface area (Å²) >= 11 is 0. The molecule has 0 radical (unpaired) electrons. The molecule has 7 heteroatoms. The number of amides is 1. The van der Waals surface area contributed by atoms with E-state index < -0.39 is 0 Å². The minimum atomic E-state index is -0.264. The number of nitrogens with zero attached hydrogens (tertiary/aromatic N) is 2. The molecule has 0 aliphatic rings. The maximum atomic E-state index is 12.5. The lowest BCUT2D eigenvalue weighted by atomic mass is 10.1. The van der Waals surface area contributed by atoms with Gasteiger partial charge in [-0.25, -0.2) is 0 Å². The normalized spacial score (nSPS) is 10.4. The summed E-state index contributed by atoms with van der Waals surface area (Å²) in [5.41, 5.74) is 1.80. The number of hydrogen-bond acceptors (Lipinski definition) is 6. The van der Waals surface area contributed by atoms with Gasteiger partial charge in [-0.1, -0.05) is 11.2 Å². The first-order chi connectivity index (χ1) is 12.1. The molecule has 1 aromatic heterocycles. The molecule has 2 aromatic carbocycles. The summed E-state index contributed by atoms with van der Waals surface area (Å²) in [5.74, 6) is 1.74. The molecule has 128 valence electrons. The summed E-state index contributed by atoms with van der Waals surface area (Å²) in [6.07, 6.45) is 0. The number of benzene rings is 2. The molecule has 1 N–H and O–H groups in total. The van der Waals surface area contributed by atoms with Gasteiger partial charge in [0.05, 0.1) is 14.2 Å². The van der Waals surface area contributed by atoms with E-state index in [2.05, 4.69) is 15.5 Å². The number of aryl methyl sites for hydroxylation is 1. The quantitative estimate of drug-likeness (QED) is 0.767. The van der Waals surface area contributed by atoms with E-state index in [1.807, 2.05) is 6.07 Å². The van der Waals surface area contributed by atoms with Crippen LogP contribution < -0.4 is 14.8 Å². The first-order valence-corrected chi connectivity index (χ1v) is 7.55. The molecule has 1 amide bonds. The van der Waals surface area contributed by atoms with Crippen LogP contribution in [0.1, 0.15) is 16.2 Å². The van der Waals surface area contributed by atoms with Crippen molar-refractivity contribution in [1.29, 1.82) is 0 Å². The van der Waals surface area contributed by atoms with E-state index in [0.29, 0.717) is 34.5 Å². The van der Waals surface area contributed by atoms with Crippen LogP contribution in [0.3, 0.4) is 0 Å². The Hall–Kier alpha value is -3.35. The van der Waals surface area contributed by atoms with Crippen LogP contribution in [0.5, 0.6) is 11.5 Å². The lowest BCUT2D eigenvalue weighted by molar-refractivity contribution is 0.102. The Morgan fingerprint density at radius 1 is 1.08 bits per heavy atom.